The molecular formula is C18H16N2O4. The fourth-order valence-corrected chi connectivity index (χ4v) is 2.37. The molecule has 6 nitrogen and oxygen atoms in total. The Morgan fingerprint density at radius 1 is 1.17 bits per heavy atom. The van der Waals surface area contributed by atoms with Crippen molar-refractivity contribution in [2.45, 2.75) is 13.8 Å². The summed E-state index contributed by atoms with van der Waals surface area (Å²) < 4.78 is 10.1. The minimum Gasteiger partial charge on any atom is -0.504 e. The number of aromatic nitrogens is 2. The van der Waals surface area contributed by atoms with Crippen molar-refractivity contribution < 1.29 is 19.2 Å². The quantitative estimate of drug-likeness (QED) is 0.741. The number of hydrogen-bond donors (Lipinski definition) is 1. The van der Waals surface area contributed by atoms with Crippen molar-refractivity contribution in [1.29, 1.82) is 0 Å². The summed E-state index contributed by atoms with van der Waals surface area (Å²) in [4.78, 5) is 17.0. The van der Waals surface area contributed by atoms with Gasteiger partial charge in [0.2, 0.25) is 11.7 Å². The first-order chi connectivity index (χ1) is 11.5. The molecule has 1 N–H and O–H groups in total. The maximum Gasteiger partial charge on any atom is 0.223 e. The van der Waals surface area contributed by atoms with Gasteiger partial charge < -0.3 is 14.4 Å². The molecule has 0 atom stereocenters. The number of rotatable bonds is 4. The van der Waals surface area contributed by atoms with E-state index >= 15 is 0 Å². The van der Waals surface area contributed by atoms with Gasteiger partial charge in [-0.15, -0.1) is 0 Å². The Morgan fingerprint density at radius 2 is 1.88 bits per heavy atom. The number of phenols is 1. The molecule has 0 saturated heterocycles. The van der Waals surface area contributed by atoms with Crippen molar-refractivity contribution in [2.24, 2.45) is 0 Å². The largest absolute Gasteiger partial charge is 0.504 e. The Hall–Kier alpha value is -3.15. The SMILES string of the molecule is COc1cc(-c2noc(C)n2)c(C(=O)c2ccc(C)cc2)cc1O. The van der Waals surface area contributed by atoms with E-state index in [4.69, 9.17) is 9.26 Å². The van der Waals surface area contributed by atoms with Crippen LogP contribution in [0.3, 0.4) is 0 Å². The molecule has 0 unspecified atom stereocenters. The Balaban J connectivity index is 2.16. The number of methoxy groups -OCH3 is 1. The molecule has 1 aromatic heterocycles. The fraction of sp³-hybridized carbons (Fsp3) is 0.167. The molecule has 0 bridgehead atoms. The molecule has 24 heavy (non-hydrogen) atoms. The zero-order valence-electron chi connectivity index (χ0n) is 13.5. The summed E-state index contributed by atoms with van der Waals surface area (Å²) in [6.07, 6.45) is 0. The van der Waals surface area contributed by atoms with E-state index in [1.807, 2.05) is 19.1 Å². The van der Waals surface area contributed by atoms with Crippen LogP contribution >= 0.6 is 0 Å². The number of aromatic hydroxyl groups is 1. The number of aryl methyl sites for hydroxylation is 2. The smallest absolute Gasteiger partial charge is 0.223 e. The van der Waals surface area contributed by atoms with Crippen molar-refractivity contribution in [3.63, 3.8) is 0 Å². The van der Waals surface area contributed by atoms with Crippen molar-refractivity contribution in [2.75, 3.05) is 7.11 Å². The third-order valence-corrected chi connectivity index (χ3v) is 3.65. The van der Waals surface area contributed by atoms with Crippen molar-refractivity contribution in [3.8, 4) is 22.9 Å². The summed E-state index contributed by atoms with van der Waals surface area (Å²) >= 11 is 0. The van der Waals surface area contributed by atoms with E-state index < -0.39 is 0 Å². The van der Waals surface area contributed by atoms with Crippen LogP contribution in [0.5, 0.6) is 11.5 Å². The molecule has 0 amide bonds. The Labute approximate surface area is 138 Å². The number of hydrogen-bond acceptors (Lipinski definition) is 6. The number of carbonyl (C=O) groups excluding carboxylic acids is 1. The molecule has 0 radical (unpaired) electrons. The topological polar surface area (TPSA) is 85.5 Å². The first-order valence-electron chi connectivity index (χ1n) is 7.32. The number of phenolic OH excluding ortho intramolecular Hbond substituents is 1. The number of ketones is 1. The minimum absolute atomic E-state index is 0.128. The van der Waals surface area contributed by atoms with Gasteiger partial charge in [0, 0.05) is 23.6 Å². The van der Waals surface area contributed by atoms with Gasteiger partial charge in [-0.1, -0.05) is 35.0 Å². The lowest BCUT2D eigenvalue weighted by molar-refractivity contribution is 0.103. The molecular weight excluding hydrogens is 308 g/mol. The van der Waals surface area contributed by atoms with Gasteiger partial charge in [-0.2, -0.15) is 4.98 Å². The first-order valence-corrected chi connectivity index (χ1v) is 7.32. The zero-order chi connectivity index (χ0) is 17.3. The van der Waals surface area contributed by atoms with Crippen LogP contribution in [-0.2, 0) is 0 Å². The van der Waals surface area contributed by atoms with Crippen molar-refractivity contribution >= 4 is 5.78 Å². The minimum atomic E-state index is -0.245. The van der Waals surface area contributed by atoms with E-state index in [-0.39, 0.29) is 28.7 Å². The van der Waals surface area contributed by atoms with Gasteiger partial charge in [0.25, 0.3) is 0 Å². The van der Waals surface area contributed by atoms with Crippen LogP contribution in [0, 0.1) is 13.8 Å². The molecule has 0 aliphatic heterocycles. The maximum atomic E-state index is 12.9. The highest BCUT2D eigenvalue weighted by Gasteiger charge is 2.21. The zero-order valence-corrected chi connectivity index (χ0v) is 13.5. The predicted octanol–water partition coefficient (Wildman–Crippen LogP) is 3.30. The standard InChI is InChI=1S/C18H16N2O4/c1-10-4-6-12(7-5-10)17(22)13-8-15(21)16(23-3)9-14(13)18-19-11(2)24-20-18/h4-9,21H,1-3H3. The lowest BCUT2D eigenvalue weighted by Gasteiger charge is -2.10. The van der Waals surface area contributed by atoms with Gasteiger partial charge in [-0.3, -0.25) is 4.79 Å². The summed E-state index contributed by atoms with van der Waals surface area (Å²) in [5.41, 5.74) is 2.27. The molecule has 0 spiro atoms. The second kappa shape index (κ2) is 6.16. The molecule has 1 heterocycles. The van der Waals surface area contributed by atoms with E-state index in [2.05, 4.69) is 10.1 Å². The average molecular weight is 324 g/mol. The maximum absolute atomic E-state index is 12.9. The average Bonchev–Trinajstić information content (AvgIpc) is 3.01. The number of ether oxygens (including phenoxy) is 1. The third-order valence-electron chi connectivity index (χ3n) is 3.65. The summed E-state index contributed by atoms with van der Waals surface area (Å²) in [6.45, 7) is 3.61. The van der Waals surface area contributed by atoms with E-state index in [0.717, 1.165) is 5.56 Å². The van der Waals surface area contributed by atoms with Crippen LogP contribution in [0.2, 0.25) is 0 Å². The molecule has 6 heteroatoms. The van der Waals surface area contributed by atoms with E-state index in [0.29, 0.717) is 17.0 Å². The van der Waals surface area contributed by atoms with Crippen molar-refractivity contribution in [1.82, 2.24) is 10.1 Å². The Bertz CT molecular complexity index is 898. The molecule has 2 aromatic carbocycles. The van der Waals surface area contributed by atoms with Crippen LogP contribution in [0.15, 0.2) is 40.9 Å². The van der Waals surface area contributed by atoms with E-state index in [9.17, 15) is 9.90 Å². The lowest BCUT2D eigenvalue weighted by Crippen LogP contribution is -2.05. The normalized spacial score (nSPS) is 10.6. The summed E-state index contributed by atoms with van der Waals surface area (Å²) in [6, 6.07) is 10.1. The summed E-state index contributed by atoms with van der Waals surface area (Å²) in [5, 5.41) is 13.9. The van der Waals surface area contributed by atoms with Crippen LogP contribution < -0.4 is 4.74 Å². The van der Waals surface area contributed by atoms with Gasteiger partial charge >= 0.3 is 0 Å². The second-order valence-corrected chi connectivity index (χ2v) is 5.40. The van der Waals surface area contributed by atoms with Gasteiger partial charge in [-0.05, 0) is 19.1 Å². The Morgan fingerprint density at radius 3 is 2.46 bits per heavy atom. The van der Waals surface area contributed by atoms with Crippen LogP contribution in [0.1, 0.15) is 27.4 Å². The number of nitrogens with zero attached hydrogens (tertiary/aromatic N) is 2. The first kappa shape index (κ1) is 15.7. The van der Waals surface area contributed by atoms with Gasteiger partial charge in [0.1, 0.15) is 0 Å². The molecule has 3 rings (SSSR count). The van der Waals surface area contributed by atoms with E-state index in [1.54, 1.807) is 19.1 Å². The number of benzene rings is 2. The summed E-state index contributed by atoms with van der Waals surface area (Å²) in [5.74, 6) is 0.502. The van der Waals surface area contributed by atoms with Gasteiger partial charge in [0.05, 0.1) is 7.11 Å². The van der Waals surface area contributed by atoms with Gasteiger partial charge in [-0.25, -0.2) is 0 Å². The molecule has 3 aromatic rings. The number of carbonyl (C=O) groups is 1. The molecule has 0 aliphatic carbocycles. The van der Waals surface area contributed by atoms with Crippen LogP contribution in [0.25, 0.3) is 11.4 Å². The molecule has 0 saturated carbocycles. The third kappa shape index (κ3) is 2.86. The van der Waals surface area contributed by atoms with E-state index in [1.165, 1.54) is 19.2 Å². The van der Waals surface area contributed by atoms with Crippen LogP contribution in [0.4, 0.5) is 0 Å². The predicted molar refractivity (Wildman–Crippen MR) is 87.3 cm³/mol. The highest BCUT2D eigenvalue weighted by atomic mass is 16.5. The highest BCUT2D eigenvalue weighted by molar-refractivity contribution is 6.13. The fourth-order valence-electron chi connectivity index (χ4n) is 2.37. The highest BCUT2D eigenvalue weighted by Crippen LogP contribution is 2.35. The molecule has 122 valence electrons. The Kier molecular flexibility index (Phi) is 4.04. The van der Waals surface area contributed by atoms with Gasteiger partial charge in [0.15, 0.2) is 17.3 Å². The monoisotopic (exact) mass is 324 g/mol. The lowest BCUT2D eigenvalue weighted by atomic mass is 9.96. The van der Waals surface area contributed by atoms with Crippen molar-refractivity contribution in [3.05, 3.63) is 59.0 Å². The van der Waals surface area contributed by atoms with Crippen LogP contribution in [-0.4, -0.2) is 28.1 Å². The second-order valence-electron chi connectivity index (χ2n) is 5.40. The summed E-state index contributed by atoms with van der Waals surface area (Å²) in [7, 11) is 1.43. The molecule has 0 aliphatic rings. The molecule has 0 fully saturated rings.